The second-order valence-electron chi connectivity index (χ2n) is 12.2. The van der Waals surface area contributed by atoms with Crippen molar-refractivity contribution in [1.82, 2.24) is 39.0 Å². The van der Waals surface area contributed by atoms with Crippen LogP contribution in [0.5, 0.6) is 0 Å². The van der Waals surface area contributed by atoms with Gasteiger partial charge in [0, 0.05) is 28.3 Å². The highest BCUT2D eigenvalue weighted by molar-refractivity contribution is 8.67. The Labute approximate surface area is 329 Å². The fraction of sp³-hybridized carbons (Fsp3) is 0.414. The molecule has 288 valence electrons. The van der Waals surface area contributed by atoms with Crippen molar-refractivity contribution in [3.63, 3.8) is 0 Å². The Bertz CT molecular complexity index is 2390. The molecule has 7 rings (SSSR count). The molecule has 25 heteroatoms. The summed E-state index contributed by atoms with van der Waals surface area (Å²) in [5, 5.41) is 3.41. The molecule has 1 aromatic carbocycles. The lowest BCUT2D eigenvalue weighted by Gasteiger charge is -2.25. The number of aromatic amines is 1. The number of rotatable bonds is 6. The number of anilines is 1. The summed E-state index contributed by atoms with van der Waals surface area (Å²) in [6, 6.07) is 5.06. The lowest BCUT2D eigenvalue weighted by atomic mass is 10.1. The number of H-pyrrole nitrogens is 1. The summed E-state index contributed by atoms with van der Waals surface area (Å²) in [6.07, 6.45) is -2.37. The minimum Gasteiger partial charge on any atom is -0.346 e. The van der Waals surface area contributed by atoms with E-state index in [2.05, 4.69) is 35.2 Å². The van der Waals surface area contributed by atoms with Crippen LogP contribution in [0.25, 0.3) is 22.3 Å². The van der Waals surface area contributed by atoms with Crippen molar-refractivity contribution in [3.05, 3.63) is 68.8 Å². The molecular weight excluding hydrogens is 850 g/mol. The SMILES string of the molecule is CC(C)C(=O)Nc1nc2c(ncn2[C@@H]2O[C@@H]3COP(=S)(SCc4ccc(Cl)cc4Cl)OCCn4c(nc5cncnc54)COP(O)(=S)O[C@@H]2[C@@H]3F)c(=O)[nH]1. The molecule has 5 aromatic rings. The number of nitrogens with one attached hydrogen (secondary N) is 2. The second kappa shape index (κ2) is 16.2. The third kappa shape index (κ3) is 8.58. The standard InChI is InChI=1S/C29H30Cl2FN9O8P2S3/c1-14(2)26(42)38-29-37-25-22(27(43)39-29)35-13-41(25)28-23-21(32)19(48-28)9-47-51(53,54-11-15-3-4-16(30)7-17(15)31)45-6-5-40-20(10-46-50(44,52)49-23)36-18-8-33-12-34-24(18)40/h3-4,7-8,12-14,19,21,23,28H,5-6,9-11H2,1-2H3,(H,44,52)(H2,37,38,39,42,43)/t19-,21-,23-,28-,50?,51?/m1/s1. The highest BCUT2D eigenvalue weighted by Crippen LogP contribution is 2.63. The third-order valence-corrected chi connectivity index (χ3v) is 15.6. The van der Waals surface area contributed by atoms with Crippen molar-refractivity contribution in [2.45, 2.75) is 57.4 Å². The molecule has 0 spiro atoms. The number of halogens is 3. The molecule has 0 radical (unpaired) electrons. The quantitative estimate of drug-likeness (QED) is 0.182. The topological polar surface area (TPSA) is 203 Å². The van der Waals surface area contributed by atoms with Crippen LogP contribution in [0.1, 0.15) is 31.5 Å². The van der Waals surface area contributed by atoms with Crippen LogP contribution in [0.4, 0.5) is 10.3 Å². The first-order valence-electron chi connectivity index (χ1n) is 16.1. The highest BCUT2D eigenvalue weighted by atomic mass is 35.5. The van der Waals surface area contributed by atoms with E-state index in [1.165, 1.54) is 34.8 Å². The number of aromatic nitrogens is 8. The predicted octanol–water partition coefficient (Wildman–Crippen LogP) is 5.42. The number of carbonyl (C=O) groups excluding carboxylic acids is 1. The molecule has 0 saturated carbocycles. The van der Waals surface area contributed by atoms with Gasteiger partial charge >= 0.3 is 6.72 Å². The van der Waals surface area contributed by atoms with Gasteiger partial charge in [-0.15, -0.1) is 0 Å². The molecule has 1 fully saturated rings. The first-order valence-corrected chi connectivity index (χ1v) is 23.6. The molecule has 4 aromatic heterocycles. The Morgan fingerprint density at radius 2 is 2.02 bits per heavy atom. The number of alkyl halides is 1. The molecule has 2 aliphatic rings. The largest absolute Gasteiger partial charge is 0.346 e. The number of ether oxygens (including phenoxy) is 1. The summed E-state index contributed by atoms with van der Waals surface area (Å²) >= 11 is 25.1. The Hall–Kier alpha value is -2.49. The van der Waals surface area contributed by atoms with Gasteiger partial charge in [-0.2, -0.15) is 4.98 Å². The van der Waals surface area contributed by atoms with Crippen molar-refractivity contribution in [1.29, 1.82) is 0 Å². The summed E-state index contributed by atoms with van der Waals surface area (Å²) in [6.45, 7) is -1.51. The molecule has 17 nitrogen and oxygen atoms in total. The molecule has 0 aliphatic carbocycles. The zero-order valence-electron chi connectivity index (χ0n) is 28.1. The molecule has 3 N–H and O–H groups in total. The number of amides is 1. The van der Waals surface area contributed by atoms with E-state index in [1.54, 1.807) is 36.6 Å². The van der Waals surface area contributed by atoms with E-state index >= 15 is 4.39 Å². The normalized spacial score (nSPS) is 26.8. The number of benzene rings is 1. The van der Waals surface area contributed by atoms with Crippen LogP contribution < -0.4 is 10.9 Å². The average molecular weight is 881 g/mol. The molecule has 1 amide bonds. The van der Waals surface area contributed by atoms with Crippen LogP contribution in [0.2, 0.25) is 10.0 Å². The maximum absolute atomic E-state index is 16.6. The molecule has 6 atom stereocenters. The zero-order chi connectivity index (χ0) is 38.4. The monoisotopic (exact) mass is 879 g/mol. The molecule has 6 heterocycles. The van der Waals surface area contributed by atoms with Gasteiger partial charge in [0.2, 0.25) is 17.5 Å². The molecule has 2 bridgehead atoms. The van der Waals surface area contributed by atoms with Gasteiger partial charge in [0.25, 0.3) is 5.56 Å². The van der Waals surface area contributed by atoms with Gasteiger partial charge in [-0.1, -0.05) is 54.5 Å². The molecular formula is C29H30Cl2FN9O8P2S3. The van der Waals surface area contributed by atoms with Gasteiger partial charge in [0.05, 0.1) is 25.7 Å². The summed E-state index contributed by atoms with van der Waals surface area (Å²) in [5.41, 5.74) is -2.59. The maximum atomic E-state index is 16.6. The van der Waals surface area contributed by atoms with Crippen LogP contribution in [0, 0.1) is 5.92 Å². The summed E-state index contributed by atoms with van der Waals surface area (Å²) in [4.78, 5) is 60.6. The van der Waals surface area contributed by atoms with E-state index in [-0.39, 0.29) is 42.6 Å². The Morgan fingerprint density at radius 1 is 1.20 bits per heavy atom. The molecule has 54 heavy (non-hydrogen) atoms. The van der Waals surface area contributed by atoms with Crippen molar-refractivity contribution in [2.24, 2.45) is 5.92 Å². The molecule has 2 aliphatic heterocycles. The van der Waals surface area contributed by atoms with E-state index in [9.17, 15) is 14.5 Å². The summed E-state index contributed by atoms with van der Waals surface area (Å²) in [5.74, 6) is -0.448. The molecule has 2 unspecified atom stereocenters. The number of hydrogen-bond acceptors (Lipinski definition) is 15. The van der Waals surface area contributed by atoms with E-state index < -0.39 is 61.0 Å². The Balaban J connectivity index is 1.25. The smallest absolute Gasteiger partial charge is 0.325 e. The predicted molar refractivity (Wildman–Crippen MR) is 206 cm³/mol. The summed E-state index contributed by atoms with van der Waals surface area (Å²) in [7, 11) is 0. The van der Waals surface area contributed by atoms with E-state index in [1.807, 2.05) is 0 Å². The first kappa shape index (κ1) is 39.7. The lowest BCUT2D eigenvalue weighted by Crippen LogP contribution is -2.32. The van der Waals surface area contributed by atoms with Gasteiger partial charge in [0.15, 0.2) is 29.2 Å². The van der Waals surface area contributed by atoms with Crippen molar-refractivity contribution >= 4 is 105 Å². The van der Waals surface area contributed by atoms with Gasteiger partial charge < -0.3 is 27.8 Å². The van der Waals surface area contributed by atoms with Crippen LogP contribution in [0.15, 0.2) is 41.8 Å². The van der Waals surface area contributed by atoms with Gasteiger partial charge in [-0.3, -0.25) is 29.0 Å². The zero-order valence-corrected chi connectivity index (χ0v) is 33.8. The van der Waals surface area contributed by atoms with E-state index in [4.69, 9.17) is 69.6 Å². The van der Waals surface area contributed by atoms with Crippen molar-refractivity contribution in [3.8, 4) is 0 Å². The van der Waals surface area contributed by atoms with Gasteiger partial charge in [0.1, 0.15) is 36.5 Å². The van der Waals surface area contributed by atoms with Crippen LogP contribution in [0.3, 0.4) is 0 Å². The fourth-order valence-electron chi connectivity index (χ4n) is 5.50. The van der Waals surface area contributed by atoms with Crippen LogP contribution in [-0.4, -0.2) is 81.4 Å². The fourth-order valence-corrected chi connectivity index (χ4v) is 11.4. The molecule has 1 saturated heterocycles. The van der Waals surface area contributed by atoms with E-state index in [0.29, 0.717) is 27.0 Å². The lowest BCUT2D eigenvalue weighted by molar-refractivity contribution is -0.118. The number of hydrogen-bond donors (Lipinski definition) is 3. The van der Waals surface area contributed by atoms with Crippen LogP contribution >= 0.6 is 47.0 Å². The second-order valence-corrected chi connectivity index (χ2v) is 22.1. The summed E-state index contributed by atoms with van der Waals surface area (Å²) < 4.78 is 49.8. The minimum atomic E-state index is -4.25. The number of imidazole rings is 2. The first-order chi connectivity index (χ1) is 25.7. The van der Waals surface area contributed by atoms with Gasteiger partial charge in [-0.25, -0.2) is 24.3 Å². The van der Waals surface area contributed by atoms with Gasteiger partial charge in [-0.05, 0) is 41.3 Å². The maximum Gasteiger partial charge on any atom is 0.325 e. The third-order valence-electron chi connectivity index (χ3n) is 8.19. The Morgan fingerprint density at radius 3 is 2.80 bits per heavy atom. The average Bonchev–Trinajstić information content (AvgIpc) is 3.79. The van der Waals surface area contributed by atoms with Crippen molar-refractivity contribution in [2.75, 3.05) is 18.5 Å². The van der Waals surface area contributed by atoms with Crippen LogP contribution in [-0.2, 0) is 70.1 Å². The number of nitrogens with zero attached hydrogens (tertiary/aromatic N) is 7. The highest BCUT2D eigenvalue weighted by Gasteiger charge is 2.50. The number of fused-ring (bicyclic) bond motifs is 6. The van der Waals surface area contributed by atoms with E-state index in [0.717, 1.165) is 5.56 Å². The number of carbonyl (C=O) groups is 1. The Kier molecular flexibility index (Phi) is 11.9. The minimum absolute atomic E-state index is 0.0115. The van der Waals surface area contributed by atoms with Crippen molar-refractivity contribution < 1.29 is 36.9 Å².